The van der Waals surface area contributed by atoms with Crippen molar-refractivity contribution in [1.82, 2.24) is 0 Å². The van der Waals surface area contributed by atoms with Crippen LogP contribution in [-0.2, 0) is 9.53 Å². The van der Waals surface area contributed by atoms with Crippen molar-refractivity contribution >= 4 is 17.6 Å². The number of ether oxygens (including phenoxy) is 2. The second kappa shape index (κ2) is 8.34. The molecule has 0 saturated carbocycles. The van der Waals surface area contributed by atoms with Crippen LogP contribution in [0.15, 0.2) is 48.5 Å². The normalized spacial score (nSPS) is 9.67. The van der Waals surface area contributed by atoms with Gasteiger partial charge in [0.15, 0.2) is 6.61 Å². The Hall–Kier alpha value is -3.33. The molecule has 0 heterocycles. The lowest BCUT2D eigenvalue weighted by Crippen LogP contribution is -2.20. The number of esters is 1. The summed E-state index contributed by atoms with van der Waals surface area (Å²) in [6.45, 7) is 1.88. The fourth-order valence-electron chi connectivity index (χ4n) is 1.88. The van der Waals surface area contributed by atoms with Gasteiger partial charge in [0.25, 0.3) is 5.91 Å². The first-order valence-electron chi connectivity index (χ1n) is 7.32. The van der Waals surface area contributed by atoms with Gasteiger partial charge in [-0.15, -0.1) is 0 Å². The smallest absolute Gasteiger partial charge is 0.338 e. The molecule has 1 N–H and O–H groups in total. The van der Waals surface area contributed by atoms with Crippen LogP contribution in [0, 0.1) is 11.3 Å². The molecule has 6 nitrogen and oxygen atoms in total. The molecular formula is C18H16N2O4. The molecule has 0 fully saturated rings. The summed E-state index contributed by atoms with van der Waals surface area (Å²) in [4.78, 5) is 23.3. The lowest BCUT2D eigenvalue weighted by Gasteiger charge is -2.08. The first-order valence-corrected chi connectivity index (χ1v) is 7.32. The molecule has 122 valence electrons. The Labute approximate surface area is 139 Å². The highest BCUT2D eigenvalue weighted by molar-refractivity contribution is 5.92. The molecule has 0 unspecified atom stereocenters. The minimum Gasteiger partial charge on any atom is -0.484 e. The van der Waals surface area contributed by atoms with E-state index in [2.05, 4.69) is 5.32 Å². The van der Waals surface area contributed by atoms with E-state index >= 15 is 0 Å². The molecule has 24 heavy (non-hydrogen) atoms. The fraction of sp³-hybridized carbons (Fsp3) is 0.167. The van der Waals surface area contributed by atoms with Crippen molar-refractivity contribution in [2.75, 3.05) is 18.5 Å². The fourth-order valence-corrected chi connectivity index (χ4v) is 1.88. The molecule has 0 bridgehead atoms. The van der Waals surface area contributed by atoms with E-state index in [9.17, 15) is 9.59 Å². The first kappa shape index (κ1) is 17.0. The van der Waals surface area contributed by atoms with Gasteiger partial charge in [0, 0.05) is 5.69 Å². The van der Waals surface area contributed by atoms with Gasteiger partial charge in [-0.2, -0.15) is 5.26 Å². The van der Waals surface area contributed by atoms with E-state index < -0.39 is 5.97 Å². The van der Waals surface area contributed by atoms with Crippen molar-refractivity contribution in [3.05, 3.63) is 59.7 Å². The summed E-state index contributed by atoms with van der Waals surface area (Å²) >= 11 is 0. The Morgan fingerprint density at radius 1 is 1.08 bits per heavy atom. The third-order valence-corrected chi connectivity index (χ3v) is 3.03. The number of nitriles is 1. The van der Waals surface area contributed by atoms with Gasteiger partial charge in [-0.3, -0.25) is 4.79 Å². The van der Waals surface area contributed by atoms with Gasteiger partial charge >= 0.3 is 5.97 Å². The van der Waals surface area contributed by atoms with Gasteiger partial charge in [-0.05, 0) is 55.5 Å². The summed E-state index contributed by atoms with van der Waals surface area (Å²) in [6, 6.07) is 14.9. The number of nitrogens with one attached hydrogen (secondary N) is 1. The molecule has 0 spiro atoms. The molecule has 0 aromatic heterocycles. The maximum absolute atomic E-state index is 11.8. The van der Waals surface area contributed by atoms with Crippen LogP contribution in [-0.4, -0.2) is 25.1 Å². The van der Waals surface area contributed by atoms with Crippen LogP contribution < -0.4 is 10.1 Å². The minimum atomic E-state index is -0.400. The Morgan fingerprint density at radius 3 is 2.33 bits per heavy atom. The molecule has 2 aromatic carbocycles. The first-order chi connectivity index (χ1) is 11.6. The highest BCUT2D eigenvalue weighted by atomic mass is 16.5. The summed E-state index contributed by atoms with van der Waals surface area (Å²) in [6.07, 6.45) is 0. The number of rotatable bonds is 6. The van der Waals surface area contributed by atoms with Crippen LogP contribution >= 0.6 is 0 Å². The number of carbonyl (C=O) groups is 2. The number of hydrogen-bond acceptors (Lipinski definition) is 5. The van der Waals surface area contributed by atoms with Crippen LogP contribution in [0.4, 0.5) is 5.69 Å². The number of hydrogen-bond donors (Lipinski definition) is 1. The summed E-state index contributed by atoms with van der Waals surface area (Å²) in [5, 5.41) is 11.4. The van der Waals surface area contributed by atoms with E-state index in [1.165, 1.54) is 0 Å². The van der Waals surface area contributed by atoms with E-state index in [-0.39, 0.29) is 12.5 Å². The second-order valence-electron chi connectivity index (χ2n) is 4.77. The molecule has 0 saturated heterocycles. The lowest BCUT2D eigenvalue weighted by molar-refractivity contribution is -0.118. The summed E-state index contributed by atoms with van der Waals surface area (Å²) < 4.78 is 10.2. The maximum atomic E-state index is 11.8. The monoisotopic (exact) mass is 324 g/mol. The topological polar surface area (TPSA) is 88.4 Å². The van der Waals surface area contributed by atoms with Crippen molar-refractivity contribution in [3.8, 4) is 11.8 Å². The molecule has 0 aliphatic carbocycles. The van der Waals surface area contributed by atoms with E-state index in [0.29, 0.717) is 29.2 Å². The van der Waals surface area contributed by atoms with Crippen LogP contribution in [0.25, 0.3) is 0 Å². The van der Waals surface area contributed by atoms with Crippen molar-refractivity contribution in [2.24, 2.45) is 0 Å². The van der Waals surface area contributed by atoms with Crippen molar-refractivity contribution in [1.29, 1.82) is 5.26 Å². The van der Waals surface area contributed by atoms with E-state index in [1.54, 1.807) is 55.5 Å². The number of benzene rings is 2. The molecule has 1 amide bonds. The van der Waals surface area contributed by atoms with Gasteiger partial charge in [-0.25, -0.2) is 4.79 Å². The number of carbonyl (C=O) groups excluding carboxylic acids is 2. The summed E-state index contributed by atoms with van der Waals surface area (Å²) in [7, 11) is 0. The molecular weight excluding hydrogens is 308 g/mol. The highest BCUT2D eigenvalue weighted by Crippen LogP contribution is 2.13. The largest absolute Gasteiger partial charge is 0.484 e. The van der Waals surface area contributed by atoms with E-state index in [0.717, 1.165) is 0 Å². The number of anilines is 1. The average Bonchev–Trinajstić information content (AvgIpc) is 2.61. The van der Waals surface area contributed by atoms with E-state index in [1.807, 2.05) is 6.07 Å². The summed E-state index contributed by atoms with van der Waals surface area (Å²) in [5.41, 5.74) is 1.53. The van der Waals surface area contributed by atoms with E-state index in [4.69, 9.17) is 14.7 Å². The average molecular weight is 324 g/mol. The SMILES string of the molecule is CCOC(=O)c1ccc(OCC(=O)Nc2ccc(C#N)cc2)cc1. The minimum absolute atomic E-state index is 0.168. The van der Waals surface area contributed by atoms with Crippen molar-refractivity contribution < 1.29 is 19.1 Å². The molecule has 0 radical (unpaired) electrons. The maximum Gasteiger partial charge on any atom is 0.338 e. The standard InChI is InChI=1S/C18H16N2O4/c1-2-23-18(22)14-5-9-16(10-6-14)24-12-17(21)20-15-7-3-13(11-19)4-8-15/h3-10H,2,12H2,1H3,(H,20,21). The van der Waals surface area contributed by atoms with Gasteiger partial charge in [0.2, 0.25) is 0 Å². The third kappa shape index (κ3) is 4.85. The predicted molar refractivity (Wildman–Crippen MR) is 87.7 cm³/mol. The number of nitrogens with zero attached hydrogens (tertiary/aromatic N) is 1. The molecule has 2 rings (SSSR count). The van der Waals surface area contributed by atoms with Gasteiger partial charge in [-0.1, -0.05) is 0 Å². The van der Waals surface area contributed by atoms with Crippen LogP contribution in [0.2, 0.25) is 0 Å². The van der Waals surface area contributed by atoms with Gasteiger partial charge in [0.05, 0.1) is 23.8 Å². The summed E-state index contributed by atoms with van der Waals surface area (Å²) in [5.74, 6) is -0.255. The van der Waals surface area contributed by atoms with Gasteiger partial charge in [0.1, 0.15) is 5.75 Å². The molecule has 2 aromatic rings. The zero-order valence-corrected chi connectivity index (χ0v) is 13.1. The van der Waals surface area contributed by atoms with Crippen molar-refractivity contribution in [2.45, 2.75) is 6.92 Å². The number of amides is 1. The van der Waals surface area contributed by atoms with Crippen LogP contribution in [0.3, 0.4) is 0 Å². The Morgan fingerprint density at radius 2 is 1.75 bits per heavy atom. The Bertz CT molecular complexity index is 746. The zero-order chi connectivity index (χ0) is 17.4. The van der Waals surface area contributed by atoms with Crippen LogP contribution in [0.5, 0.6) is 5.75 Å². The molecule has 6 heteroatoms. The molecule has 0 aliphatic heterocycles. The molecule has 0 aliphatic rings. The third-order valence-electron chi connectivity index (χ3n) is 3.03. The van der Waals surface area contributed by atoms with Crippen LogP contribution in [0.1, 0.15) is 22.8 Å². The zero-order valence-electron chi connectivity index (χ0n) is 13.1. The second-order valence-corrected chi connectivity index (χ2v) is 4.77. The van der Waals surface area contributed by atoms with Gasteiger partial charge < -0.3 is 14.8 Å². The Kier molecular flexibility index (Phi) is 5.92. The quantitative estimate of drug-likeness (QED) is 0.825. The Balaban J connectivity index is 1.85. The lowest BCUT2D eigenvalue weighted by atomic mass is 10.2. The predicted octanol–water partition coefficient (Wildman–Crippen LogP) is 2.75. The van der Waals surface area contributed by atoms with Crippen molar-refractivity contribution in [3.63, 3.8) is 0 Å². The highest BCUT2D eigenvalue weighted by Gasteiger charge is 2.07. The molecule has 0 atom stereocenters.